The van der Waals surface area contributed by atoms with Crippen molar-refractivity contribution in [3.63, 3.8) is 0 Å². The summed E-state index contributed by atoms with van der Waals surface area (Å²) in [7, 11) is 1.57. The number of methoxy groups -OCH3 is 1. The lowest BCUT2D eigenvalue weighted by Crippen LogP contribution is -2.24. The van der Waals surface area contributed by atoms with Crippen molar-refractivity contribution in [3.05, 3.63) is 65.7 Å². The second-order valence-corrected chi connectivity index (χ2v) is 7.71. The summed E-state index contributed by atoms with van der Waals surface area (Å²) in [5.41, 5.74) is 2.03. The maximum Gasteiger partial charge on any atom is 0.252 e. The van der Waals surface area contributed by atoms with E-state index in [9.17, 15) is 4.79 Å². The van der Waals surface area contributed by atoms with Gasteiger partial charge in [0.15, 0.2) is 17.1 Å². The molecule has 0 saturated carbocycles. The number of hydrogen-bond acceptors (Lipinski definition) is 10. The molecule has 12 nitrogen and oxygen atoms in total. The summed E-state index contributed by atoms with van der Waals surface area (Å²) in [6, 6.07) is 14.6. The molecule has 1 aromatic carbocycles. The molecule has 0 atom stereocenters. The number of nitrogens with zero attached hydrogens (tertiary/aromatic N) is 7. The van der Waals surface area contributed by atoms with Gasteiger partial charge in [-0.25, -0.2) is 0 Å². The summed E-state index contributed by atoms with van der Waals surface area (Å²) in [5, 5.41) is 30.1. The van der Waals surface area contributed by atoms with Crippen molar-refractivity contribution in [1.29, 1.82) is 5.26 Å². The highest BCUT2D eigenvalue weighted by Gasteiger charge is 2.19. The van der Waals surface area contributed by atoms with Gasteiger partial charge in [0, 0.05) is 36.7 Å². The zero-order valence-corrected chi connectivity index (χ0v) is 19.2. The van der Waals surface area contributed by atoms with Crippen LogP contribution in [-0.2, 0) is 18.0 Å². The normalized spacial score (nSPS) is 11.0. The SMILES string of the molecule is COCc1cc(-c2nnc3c4ccccc4c(OCc4ccc(C(=O)NCCC#N)cn4)nn23)no1. The molecule has 12 heteroatoms. The van der Waals surface area contributed by atoms with Crippen LogP contribution in [0.2, 0.25) is 0 Å². The minimum absolute atomic E-state index is 0.123. The summed E-state index contributed by atoms with van der Waals surface area (Å²) in [6.45, 7) is 0.689. The predicted octanol–water partition coefficient (Wildman–Crippen LogP) is 2.70. The summed E-state index contributed by atoms with van der Waals surface area (Å²) in [5.74, 6) is 1.02. The van der Waals surface area contributed by atoms with Crippen LogP contribution in [0.25, 0.3) is 27.9 Å². The Morgan fingerprint density at radius 2 is 2.03 bits per heavy atom. The fraction of sp³-hybridized carbons (Fsp3) is 0.208. The standard InChI is InChI=1S/C24H20N8O4/c1-34-14-17-11-20(31-36-17)22-29-28-21-18-5-2-3-6-19(18)24(30-32(21)22)35-13-16-8-7-15(12-27-16)23(33)26-10-4-9-25/h2-3,5-8,11-12H,4,10,13-14H2,1H3,(H,26,33). The summed E-state index contributed by atoms with van der Waals surface area (Å²) in [6.07, 6.45) is 1.71. The van der Waals surface area contributed by atoms with Gasteiger partial charge in [0.2, 0.25) is 11.7 Å². The highest BCUT2D eigenvalue weighted by molar-refractivity contribution is 5.97. The van der Waals surface area contributed by atoms with Crippen molar-refractivity contribution in [2.45, 2.75) is 19.6 Å². The quantitative estimate of drug-likeness (QED) is 0.309. The molecule has 1 amide bonds. The second kappa shape index (κ2) is 10.2. The van der Waals surface area contributed by atoms with Crippen LogP contribution in [0.3, 0.4) is 0 Å². The third-order valence-electron chi connectivity index (χ3n) is 5.27. The first-order valence-corrected chi connectivity index (χ1v) is 11.0. The van der Waals surface area contributed by atoms with Gasteiger partial charge >= 0.3 is 0 Å². The molecule has 0 saturated heterocycles. The maximum atomic E-state index is 12.1. The van der Waals surface area contributed by atoms with Gasteiger partial charge < -0.3 is 19.3 Å². The lowest BCUT2D eigenvalue weighted by atomic mass is 10.2. The van der Waals surface area contributed by atoms with E-state index in [1.54, 1.807) is 29.8 Å². The number of hydrogen-bond donors (Lipinski definition) is 1. The topological polar surface area (TPSA) is 153 Å². The van der Waals surface area contributed by atoms with Crippen molar-refractivity contribution >= 4 is 22.3 Å². The predicted molar refractivity (Wildman–Crippen MR) is 126 cm³/mol. The number of rotatable bonds is 9. The Balaban J connectivity index is 1.41. The van der Waals surface area contributed by atoms with E-state index in [4.69, 9.17) is 19.3 Å². The molecule has 0 aliphatic heterocycles. The van der Waals surface area contributed by atoms with Crippen molar-refractivity contribution < 1.29 is 18.8 Å². The smallest absolute Gasteiger partial charge is 0.252 e. The number of aromatic nitrogens is 6. The number of fused-ring (bicyclic) bond motifs is 3. The molecule has 36 heavy (non-hydrogen) atoms. The molecule has 0 bridgehead atoms. The lowest BCUT2D eigenvalue weighted by Gasteiger charge is -2.10. The summed E-state index contributed by atoms with van der Waals surface area (Å²) < 4.78 is 18.0. The van der Waals surface area contributed by atoms with Crippen LogP contribution in [0.4, 0.5) is 0 Å². The van der Waals surface area contributed by atoms with Crippen LogP contribution in [0, 0.1) is 11.3 Å². The molecule has 1 N–H and O–H groups in total. The van der Waals surface area contributed by atoms with Crippen molar-refractivity contribution in [3.8, 4) is 23.5 Å². The fourth-order valence-corrected chi connectivity index (χ4v) is 3.57. The van der Waals surface area contributed by atoms with E-state index in [1.807, 2.05) is 30.3 Å². The molecule has 180 valence electrons. The average Bonchev–Trinajstić information content (AvgIpc) is 3.55. The van der Waals surface area contributed by atoms with Crippen LogP contribution >= 0.6 is 0 Å². The van der Waals surface area contributed by atoms with Gasteiger partial charge in [0.25, 0.3) is 5.91 Å². The van der Waals surface area contributed by atoms with Crippen LogP contribution in [-0.4, -0.2) is 49.5 Å². The molecule has 0 spiro atoms. The molecule has 5 rings (SSSR count). The van der Waals surface area contributed by atoms with E-state index in [1.165, 1.54) is 6.20 Å². The van der Waals surface area contributed by atoms with Gasteiger partial charge in [0.05, 0.1) is 23.7 Å². The van der Waals surface area contributed by atoms with E-state index in [0.29, 0.717) is 40.1 Å². The highest BCUT2D eigenvalue weighted by Crippen LogP contribution is 2.29. The molecular formula is C24H20N8O4. The van der Waals surface area contributed by atoms with Crippen molar-refractivity contribution in [2.75, 3.05) is 13.7 Å². The van der Waals surface area contributed by atoms with Gasteiger partial charge in [0.1, 0.15) is 13.2 Å². The zero-order valence-electron chi connectivity index (χ0n) is 19.2. The molecule has 5 aromatic rings. The zero-order chi connectivity index (χ0) is 24.9. The van der Waals surface area contributed by atoms with Crippen LogP contribution in [0.15, 0.2) is 53.2 Å². The number of carbonyl (C=O) groups is 1. The van der Waals surface area contributed by atoms with E-state index < -0.39 is 0 Å². The van der Waals surface area contributed by atoms with E-state index in [-0.39, 0.29) is 32.1 Å². The van der Waals surface area contributed by atoms with Crippen LogP contribution in [0.5, 0.6) is 5.88 Å². The third-order valence-corrected chi connectivity index (χ3v) is 5.27. The Hall–Kier alpha value is -4.89. The Kier molecular flexibility index (Phi) is 6.46. The number of ether oxygens (including phenoxy) is 2. The number of benzene rings is 1. The first-order chi connectivity index (χ1) is 17.7. The Labute approximate surface area is 204 Å². The number of pyridine rings is 1. The van der Waals surface area contributed by atoms with E-state index in [0.717, 1.165) is 10.8 Å². The molecule has 0 aliphatic carbocycles. The van der Waals surface area contributed by atoms with Gasteiger partial charge in [-0.15, -0.1) is 15.3 Å². The average molecular weight is 484 g/mol. The lowest BCUT2D eigenvalue weighted by molar-refractivity contribution is 0.0954. The van der Waals surface area contributed by atoms with Gasteiger partial charge in [-0.3, -0.25) is 9.78 Å². The van der Waals surface area contributed by atoms with Gasteiger partial charge in [-0.05, 0) is 18.2 Å². The second-order valence-electron chi connectivity index (χ2n) is 7.71. The summed E-state index contributed by atoms with van der Waals surface area (Å²) >= 11 is 0. The van der Waals surface area contributed by atoms with Gasteiger partial charge in [-0.1, -0.05) is 23.4 Å². The highest BCUT2D eigenvalue weighted by atomic mass is 16.5. The minimum atomic E-state index is -0.287. The maximum absolute atomic E-state index is 12.1. The molecular weight excluding hydrogens is 464 g/mol. The molecule has 4 aromatic heterocycles. The fourth-order valence-electron chi connectivity index (χ4n) is 3.57. The van der Waals surface area contributed by atoms with E-state index in [2.05, 4.69) is 30.8 Å². The number of amides is 1. The molecule has 0 unspecified atom stereocenters. The van der Waals surface area contributed by atoms with Crippen molar-refractivity contribution in [1.82, 2.24) is 35.3 Å². The minimum Gasteiger partial charge on any atom is -0.470 e. The molecule has 0 fully saturated rings. The van der Waals surface area contributed by atoms with E-state index >= 15 is 0 Å². The number of nitrogens with one attached hydrogen (secondary N) is 1. The molecule has 0 aliphatic rings. The Morgan fingerprint density at radius 3 is 2.81 bits per heavy atom. The Morgan fingerprint density at radius 1 is 1.17 bits per heavy atom. The summed E-state index contributed by atoms with van der Waals surface area (Å²) in [4.78, 5) is 16.4. The monoisotopic (exact) mass is 484 g/mol. The van der Waals surface area contributed by atoms with Gasteiger partial charge in [-0.2, -0.15) is 9.78 Å². The first-order valence-electron chi connectivity index (χ1n) is 11.0. The molecule has 4 heterocycles. The number of nitriles is 1. The Bertz CT molecular complexity index is 1570. The van der Waals surface area contributed by atoms with Crippen LogP contribution < -0.4 is 10.1 Å². The van der Waals surface area contributed by atoms with Crippen LogP contribution in [0.1, 0.15) is 28.2 Å². The number of carbonyl (C=O) groups excluding carboxylic acids is 1. The third kappa shape index (κ3) is 4.55. The largest absolute Gasteiger partial charge is 0.470 e. The molecule has 0 radical (unpaired) electrons. The van der Waals surface area contributed by atoms with Crippen molar-refractivity contribution in [2.24, 2.45) is 0 Å². The first kappa shape index (κ1) is 22.9.